The molecule has 0 radical (unpaired) electrons. The number of carbonyl (C=O) groups excluding carboxylic acids is 1. The van der Waals surface area contributed by atoms with Crippen molar-refractivity contribution in [2.75, 3.05) is 0 Å². The Hall–Kier alpha value is -2.71. The van der Waals surface area contributed by atoms with Crippen LogP contribution < -0.4 is 0 Å². The molecule has 3 atom stereocenters. The molecule has 1 aliphatic rings. The molecule has 0 amide bonds. The summed E-state index contributed by atoms with van der Waals surface area (Å²) in [6.07, 6.45) is 0. The summed E-state index contributed by atoms with van der Waals surface area (Å²) in [4.78, 5) is 15.3. The second kappa shape index (κ2) is 6.66. The molecule has 1 heterocycles. The normalized spacial score (nSPS) is 21.7. The van der Waals surface area contributed by atoms with Crippen molar-refractivity contribution in [3.05, 3.63) is 107 Å². The lowest BCUT2D eigenvalue weighted by Crippen LogP contribution is -2.13. The van der Waals surface area contributed by atoms with Crippen LogP contribution in [-0.2, 0) is 6.54 Å². The van der Waals surface area contributed by atoms with Crippen molar-refractivity contribution in [1.29, 1.82) is 0 Å². The van der Waals surface area contributed by atoms with Crippen molar-refractivity contribution in [3.8, 4) is 0 Å². The molecule has 2 nitrogen and oxygen atoms in total. The van der Waals surface area contributed by atoms with Crippen molar-refractivity contribution in [3.63, 3.8) is 0 Å². The lowest BCUT2D eigenvalue weighted by molar-refractivity contribution is 0.0973. The van der Waals surface area contributed by atoms with Gasteiger partial charge in [-0.15, -0.1) is 0 Å². The summed E-state index contributed by atoms with van der Waals surface area (Å²) >= 11 is 0. The van der Waals surface area contributed by atoms with Crippen LogP contribution in [0.4, 0.5) is 0 Å². The second-order valence-corrected chi connectivity index (χ2v) is 6.69. The molecule has 2 heteroatoms. The number of carbonyl (C=O) groups is 1. The zero-order chi connectivity index (χ0) is 17.2. The minimum Gasteiger partial charge on any atom is -0.292 e. The fourth-order valence-corrected chi connectivity index (χ4v) is 3.47. The summed E-state index contributed by atoms with van der Waals surface area (Å²) in [5, 5.41) is 0. The smallest absolute Gasteiger partial charge is 0.181 e. The molecule has 4 rings (SSSR count). The lowest BCUT2D eigenvalue weighted by Gasteiger charge is -2.04. The van der Waals surface area contributed by atoms with E-state index in [-0.39, 0.29) is 17.9 Å². The summed E-state index contributed by atoms with van der Waals surface area (Å²) in [5.41, 5.74) is 4.42. The van der Waals surface area contributed by atoms with Gasteiger partial charge in [0.25, 0.3) is 0 Å². The third-order valence-electron chi connectivity index (χ3n) is 4.88. The monoisotopic (exact) mass is 327 g/mol. The molecule has 3 aromatic rings. The number of rotatable bonds is 5. The number of aryl methyl sites for hydroxylation is 1. The first-order valence-electron chi connectivity index (χ1n) is 8.69. The highest BCUT2D eigenvalue weighted by molar-refractivity contribution is 6.02. The summed E-state index contributed by atoms with van der Waals surface area (Å²) < 4.78 is 0. The van der Waals surface area contributed by atoms with E-state index in [1.807, 2.05) is 67.6 Å². The van der Waals surface area contributed by atoms with Gasteiger partial charge in [-0.2, -0.15) is 0 Å². The Morgan fingerprint density at radius 2 is 1.44 bits per heavy atom. The Morgan fingerprint density at radius 1 is 0.840 bits per heavy atom. The van der Waals surface area contributed by atoms with Crippen LogP contribution in [0, 0.1) is 6.92 Å². The van der Waals surface area contributed by atoms with Gasteiger partial charge in [0.2, 0.25) is 0 Å². The van der Waals surface area contributed by atoms with Crippen molar-refractivity contribution >= 4 is 5.78 Å². The third-order valence-corrected chi connectivity index (χ3v) is 4.88. The van der Waals surface area contributed by atoms with Gasteiger partial charge in [-0.3, -0.25) is 9.69 Å². The fourth-order valence-electron chi connectivity index (χ4n) is 3.47. The van der Waals surface area contributed by atoms with Crippen molar-refractivity contribution in [1.82, 2.24) is 4.90 Å². The van der Waals surface area contributed by atoms with Crippen LogP contribution >= 0.6 is 0 Å². The second-order valence-electron chi connectivity index (χ2n) is 6.69. The van der Waals surface area contributed by atoms with Crippen LogP contribution in [0.2, 0.25) is 0 Å². The molecule has 3 aromatic carbocycles. The van der Waals surface area contributed by atoms with Gasteiger partial charge in [-0.05, 0) is 18.1 Å². The van der Waals surface area contributed by atoms with Crippen LogP contribution in [0.5, 0.6) is 0 Å². The number of benzene rings is 3. The van der Waals surface area contributed by atoms with Crippen LogP contribution in [0.25, 0.3) is 0 Å². The molecule has 0 spiro atoms. The van der Waals surface area contributed by atoms with Crippen LogP contribution in [-0.4, -0.2) is 16.7 Å². The van der Waals surface area contributed by atoms with Crippen molar-refractivity contribution in [2.24, 2.45) is 0 Å². The maximum atomic E-state index is 13.1. The molecule has 0 aliphatic carbocycles. The SMILES string of the molecule is Cc1ccc(C(=O)C2C(c3ccccc3)N2Cc2ccccc2)cc1. The molecule has 1 saturated heterocycles. The third kappa shape index (κ3) is 3.26. The van der Waals surface area contributed by atoms with Crippen molar-refractivity contribution in [2.45, 2.75) is 25.6 Å². The first-order valence-corrected chi connectivity index (χ1v) is 8.69. The van der Waals surface area contributed by atoms with E-state index in [2.05, 4.69) is 29.2 Å². The van der Waals surface area contributed by atoms with Crippen LogP contribution in [0.15, 0.2) is 84.9 Å². The minimum absolute atomic E-state index is 0.0784. The number of hydrogen-bond donors (Lipinski definition) is 0. The Labute approximate surface area is 148 Å². The summed E-state index contributed by atoms with van der Waals surface area (Å²) in [7, 11) is 0. The van der Waals surface area contributed by atoms with E-state index in [0.29, 0.717) is 0 Å². The highest BCUT2D eigenvalue weighted by Gasteiger charge is 2.52. The van der Waals surface area contributed by atoms with E-state index in [0.717, 1.165) is 12.1 Å². The highest BCUT2D eigenvalue weighted by Crippen LogP contribution is 2.45. The van der Waals surface area contributed by atoms with E-state index < -0.39 is 0 Å². The fraction of sp³-hybridized carbons (Fsp3) is 0.174. The van der Waals surface area contributed by atoms with Gasteiger partial charge in [-0.25, -0.2) is 0 Å². The van der Waals surface area contributed by atoms with Gasteiger partial charge in [0, 0.05) is 12.1 Å². The van der Waals surface area contributed by atoms with Crippen molar-refractivity contribution < 1.29 is 4.79 Å². The molecule has 0 N–H and O–H groups in total. The number of nitrogens with zero attached hydrogens (tertiary/aromatic N) is 1. The minimum atomic E-state index is -0.0784. The van der Waals surface area contributed by atoms with E-state index in [9.17, 15) is 4.79 Å². The maximum Gasteiger partial charge on any atom is 0.181 e. The van der Waals surface area contributed by atoms with Crippen LogP contribution in [0.1, 0.15) is 33.1 Å². The molecule has 124 valence electrons. The molecular formula is C23H21NO. The lowest BCUT2D eigenvalue weighted by atomic mass is 10.0. The molecule has 1 aliphatic heterocycles. The Kier molecular flexibility index (Phi) is 4.21. The highest BCUT2D eigenvalue weighted by atomic mass is 16.1. The predicted octanol–water partition coefficient (Wildman–Crippen LogP) is 4.80. The Morgan fingerprint density at radius 3 is 2.08 bits per heavy atom. The average Bonchev–Trinajstić information content (AvgIpc) is 3.37. The first-order chi connectivity index (χ1) is 12.2. The number of ketones is 1. The quantitative estimate of drug-likeness (QED) is 0.495. The van der Waals surface area contributed by atoms with E-state index in [1.54, 1.807) is 0 Å². The molecule has 1 fully saturated rings. The number of Topliss-reactive ketones (excluding diaryl/α,β-unsaturated/α-hetero) is 1. The largest absolute Gasteiger partial charge is 0.292 e. The summed E-state index contributed by atoms with van der Waals surface area (Å²) in [6, 6.07) is 28.7. The van der Waals surface area contributed by atoms with E-state index in [1.165, 1.54) is 16.7 Å². The predicted molar refractivity (Wildman–Crippen MR) is 100 cm³/mol. The topological polar surface area (TPSA) is 20.1 Å². The summed E-state index contributed by atoms with van der Waals surface area (Å²) in [6.45, 7) is 2.84. The Balaban J connectivity index is 1.61. The number of hydrogen-bond acceptors (Lipinski definition) is 2. The summed E-state index contributed by atoms with van der Waals surface area (Å²) in [5.74, 6) is 0.213. The van der Waals surface area contributed by atoms with Gasteiger partial charge in [0.15, 0.2) is 5.78 Å². The van der Waals surface area contributed by atoms with Crippen LogP contribution in [0.3, 0.4) is 0 Å². The Bertz CT molecular complexity index is 856. The van der Waals surface area contributed by atoms with Gasteiger partial charge >= 0.3 is 0 Å². The molecule has 3 unspecified atom stereocenters. The van der Waals surface area contributed by atoms with Gasteiger partial charge in [0.1, 0.15) is 0 Å². The molecule has 25 heavy (non-hydrogen) atoms. The van der Waals surface area contributed by atoms with Gasteiger partial charge in [0.05, 0.1) is 12.1 Å². The molecule has 0 bridgehead atoms. The van der Waals surface area contributed by atoms with Gasteiger partial charge in [-0.1, -0.05) is 90.5 Å². The molecular weight excluding hydrogens is 306 g/mol. The molecule has 0 saturated carbocycles. The zero-order valence-corrected chi connectivity index (χ0v) is 14.3. The zero-order valence-electron chi connectivity index (χ0n) is 14.3. The van der Waals surface area contributed by atoms with E-state index >= 15 is 0 Å². The standard InChI is InChI=1S/C23H21NO/c1-17-12-14-20(15-13-17)23(25)22-21(19-10-6-3-7-11-19)24(22)16-18-8-4-2-5-9-18/h2-15,21-22H,16H2,1H3. The average molecular weight is 327 g/mol. The maximum absolute atomic E-state index is 13.1. The van der Waals surface area contributed by atoms with E-state index in [4.69, 9.17) is 0 Å². The van der Waals surface area contributed by atoms with Gasteiger partial charge < -0.3 is 0 Å². The first kappa shape index (κ1) is 15.8. The molecule has 0 aromatic heterocycles.